The van der Waals surface area contributed by atoms with Crippen molar-refractivity contribution in [2.24, 2.45) is 0 Å². The van der Waals surface area contributed by atoms with Gasteiger partial charge in [0, 0.05) is 11.1 Å². The number of ether oxygens (including phenoxy) is 1. The van der Waals surface area contributed by atoms with Gasteiger partial charge in [0.25, 0.3) is 11.6 Å². The van der Waals surface area contributed by atoms with E-state index in [9.17, 15) is 28.1 Å². The standard InChI is InChI=1S/C14H8ClF3N2O4/c15-8-5-6-9(11(7-8)20(22)23)13(21)19-10-3-1-2-4-12(10)24-14(16,17)18/h1-7H,(H,19,21). The maximum Gasteiger partial charge on any atom is 0.573 e. The molecule has 6 nitrogen and oxygen atoms in total. The molecule has 1 N–H and O–H groups in total. The summed E-state index contributed by atoms with van der Waals surface area (Å²) in [4.78, 5) is 22.3. The highest BCUT2D eigenvalue weighted by molar-refractivity contribution is 6.31. The number of nitrogens with zero attached hydrogens (tertiary/aromatic N) is 1. The predicted octanol–water partition coefficient (Wildman–Crippen LogP) is 4.40. The minimum atomic E-state index is -4.95. The summed E-state index contributed by atoms with van der Waals surface area (Å²) in [6.07, 6.45) is -4.95. The summed E-state index contributed by atoms with van der Waals surface area (Å²) in [6.45, 7) is 0. The number of amides is 1. The Morgan fingerprint density at radius 1 is 1.21 bits per heavy atom. The topological polar surface area (TPSA) is 81.5 Å². The fourth-order valence-corrected chi connectivity index (χ4v) is 1.99. The van der Waals surface area contributed by atoms with E-state index >= 15 is 0 Å². The molecule has 2 aromatic rings. The molecule has 10 heteroatoms. The lowest BCUT2D eigenvalue weighted by atomic mass is 10.1. The van der Waals surface area contributed by atoms with Gasteiger partial charge in [-0.15, -0.1) is 13.2 Å². The molecular weight excluding hydrogens is 353 g/mol. The van der Waals surface area contributed by atoms with Gasteiger partial charge in [-0.2, -0.15) is 0 Å². The first kappa shape index (κ1) is 17.5. The monoisotopic (exact) mass is 360 g/mol. The van der Waals surface area contributed by atoms with Crippen LogP contribution in [-0.4, -0.2) is 17.2 Å². The third kappa shape index (κ3) is 4.35. The number of anilines is 1. The zero-order valence-corrected chi connectivity index (χ0v) is 12.4. The smallest absolute Gasteiger partial charge is 0.404 e. The lowest BCUT2D eigenvalue weighted by Crippen LogP contribution is -2.20. The molecular formula is C14H8ClF3N2O4. The van der Waals surface area contributed by atoms with Crippen molar-refractivity contribution in [1.29, 1.82) is 0 Å². The van der Waals surface area contributed by atoms with Crippen molar-refractivity contribution in [1.82, 2.24) is 0 Å². The molecule has 0 saturated heterocycles. The van der Waals surface area contributed by atoms with Crippen LogP contribution in [0.1, 0.15) is 10.4 Å². The predicted molar refractivity (Wildman–Crippen MR) is 79.2 cm³/mol. The number of alkyl halides is 3. The average molecular weight is 361 g/mol. The molecule has 0 aliphatic heterocycles. The van der Waals surface area contributed by atoms with E-state index in [1.54, 1.807) is 0 Å². The van der Waals surface area contributed by atoms with Crippen molar-refractivity contribution in [2.75, 3.05) is 5.32 Å². The summed E-state index contributed by atoms with van der Waals surface area (Å²) in [7, 11) is 0. The molecule has 0 bridgehead atoms. The molecule has 2 rings (SSSR count). The SMILES string of the molecule is O=C(Nc1ccccc1OC(F)(F)F)c1ccc(Cl)cc1[N+](=O)[O-]. The average Bonchev–Trinajstić information content (AvgIpc) is 2.47. The number of carbonyl (C=O) groups excluding carboxylic acids is 1. The van der Waals surface area contributed by atoms with E-state index in [4.69, 9.17) is 11.6 Å². The molecule has 0 aromatic heterocycles. The van der Waals surface area contributed by atoms with Crippen molar-refractivity contribution in [3.8, 4) is 5.75 Å². The number of carbonyl (C=O) groups is 1. The van der Waals surface area contributed by atoms with Crippen molar-refractivity contribution in [3.05, 3.63) is 63.2 Å². The van der Waals surface area contributed by atoms with Gasteiger partial charge in [0.15, 0.2) is 5.75 Å². The number of nitrogens with one attached hydrogen (secondary N) is 1. The second-order valence-electron chi connectivity index (χ2n) is 4.42. The van der Waals surface area contributed by atoms with Gasteiger partial charge in [-0.1, -0.05) is 23.7 Å². The summed E-state index contributed by atoms with van der Waals surface area (Å²) in [5, 5.41) is 13.2. The second-order valence-corrected chi connectivity index (χ2v) is 4.85. The van der Waals surface area contributed by atoms with Crippen LogP contribution in [0.15, 0.2) is 42.5 Å². The minimum Gasteiger partial charge on any atom is -0.404 e. The number of nitro groups is 1. The molecule has 0 radical (unpaired) electrons. The van der Waals surface area contributed by atoms with Crippen molar-refractivity contribution >= 4 is 28.9 Å². The Hall–Kier alpha value is -2.81. The number of nitro benzene ring substituents is 1. The number of para-hydroxylation sites is 2. The van der Waals surface area contributed by atoms with E-state index in [2.05, 4.69) is 10.1 Å². The van der Waals surface area contributed by atoms with Crippen LogP contribution >= 0.6 is 11.6 Å². The Morgan fingerprint density at radius 3 is 2.50 bits per heavy atom. The molecule has 0 unspecified atom stereocenters. The quantitative estimate of drug-likeness (QED) is 0.647. The van der Waals surface area contributed by atoms with Crippen molar-refractivity contribution in [2.45, 2.75) is 6.36 Å². The summed E-state index contributed by atoms with van der Waals surface area (Å²) >= 11 is 5.64. The van der Waals surface area contributed by atoms with Crippen molar-refractivity contribution in [3.63, 3.8) is 0 Å². The Labute approximate surface area is 137 Å². The molecule has 0 aliphatic carbocycles. The maximum absolute atomic E-state index is 12.4. The summed E-state index contributed by atoms with van der Waals surface area (Å²) in [6, 6.07) is 8.13. The van der Waals surface area contributed by atoms with Gasteiger partial charge in [-0.25, -0.2) is 0 Å². The molecule has 0 saturated carbocycles. The van der Waals surface area contributed by atoms with Crippen LogP contribution in [0.25, 0.3) is 0 Å². The van der Waals surface area contributed by atoms with Crippen LogP contribution in [0.2, 0.25) is 5.02 Å². The molecule has 2 aromatic carbocycles. The highest BCUT2D eigenvalue weighted by atomic mass is 35.5. The highest BCUT2D eigenvalue weighted by Crippen LogP contribution is 2.31. The summed E-state index contributed by atoms with van der Waals surface area (Å²) < 4.78 is 40.9. The van der Waals surface area contributed by atoms with E-state index in [-0.39, 0.29) is 16.3 Å². The molecule has 0 fully saturated rings. The summed E-state index contributed by atoms with van der Waals surface area (Å²) in [5.74, 6) is -1.62. The van der Waals surface area contributed by atoms with E-state index in [0.717, 1.165) is 18.2 Å². The number of benzene rings is 2. The van der Waals surface area contributed by atoms with Gasteiger partial charge >= 0.3 is 6.36 Å². The summed E-state index contributed by atoms with van der Waals surface area (Å²) in [5.41, 5.74) is -1.22. The Bertz CT molecular complexity index is 796. The maximum atomic E-state index is 12.4. The van der Waals surface area contributed by atoms with Crippen LogP contribution in [0.4, 0.5) is 24.5 Å². The highest BCUT2D eigenvalue weighted by Gasteiger charge is 2.32. The number of halogens is 4. The fourth-order valence-electron chi connectivity index (χ4n) is 1.82. The minimum absolute atomic E-state index is 0.0408. The normalized spacial score (nSPS) is 11.0. The van der Waals surface area contributed by atoms with Crippen molar-refractivity contribution < 1.29 is 27.6 Å². The van der Waals surface area contributed by atoms with Crippen LogP contribution < -0.4 is 10.1 Å². The van der Waals surface area contributed by atoms with Crippen LogP contribution in [0.3, 0.4) is 0 Å². The lowest BCUT2D eigenvalue weighted by Gasteiger charge is -2.13. The molecule has 0 heterocycles. The molecule has 1 amide bonds. The molecule has 0 spiro atoms. The first-order valence-corrected chi connectivity index (χ1v) is 6.65. The van der Waals surface area contributed by atoms with E-state index in [1.807, 2.05) is 0 Å². The molecule has 0 aliphatic rings. The van der Waals surface area contributed by atoms with E-state index in [1.165, 1.54) is 24.3 Å². The van der Waals surface area contributed by atoms with Gasteiger partial charge in [-0.3, -0.25) is 14.9 Å². The van der Waals surface area contributed by atoms with Gasteiger partial charge in [0.2, 0.25) is 0 Å². The van der Waals surface area contributed by atoms with Gasteiger partial charge in [0.05, 0.1) is 10.6 Å². The number of rotatable bonds is 4. The Kier molecular flexibility index (Phi) is 4.93. The second kappa shape index (κ2) is 6.75. The molecule has 126 valence electrons. The zero-order chi connectivity index (χ0) is 17.9. The zero-order valence-electron chi connectivity index (χ0n) is 11.6. The Balaban J connectivity index is 2.33. The number of hydrogen-bond donors (Lipinski definition) is 1. The molecule has 0 atom stereocenters. The largest absolute Gasteiger partial charge is 0.573 e. The van der Waals surface area contributed by atoms with E-state index in [0.29, 0.717) is 0 Å². The molecule has 24 heavy (non-hydrogen) atoms. The van der Waals surface area contributed by atoms with Crippen LogP contribution in [-0.2, 0) is 0 Å². The van der Waals surface area contributed by atoms with Crippen LogP contribution in [0.5, 0.6) is 5.75 Å². The van der Waals surface area contributed by atoms with E-state index < -0.39 is 28.6 Å². The van der Waals surface area contributed by atoms with Gasteiger partial charge in [0.1, 0.15) is 5.56 Å². The van der Waals surface area contributed by atoms with Crippen LogP contribution in [0, 0.1) is 10.1 Å². The number of hydrogen-bond acceptors (Lipinski definition) is 4. The van der Waals surface area contributed by atoms with Gasteiger partial charge in [-0.05, 0) is 24.3 Å². The van der Waals surface area contributed by atoms with Gasteiger partial charge < -0.3 is 10.1 Å². The lowest BCUT2D eigenvalue weighted by molar-refractivity contribution is -0.385. The first-order chi connectivity index (χ1) is 11.2. The fraction of sp³-hybridized carbons (Fsp3) is 0.0714. The third-order valence-corrected chi connectivity index (χ3v) is 3.00. The first-order valence-electron chi connectivity index (χ1n) is 6.27. The third-order valence-electron chi connectivity index (χ3n) is 2.76. The Morgan fingerprint density at radius 2 is 1.88 bits per heavy atom.